The molecule has 3 rings (SSSR count). The van der Waals surface area contributed by atoms with Crippen LogP contribution in [-0.2, 0) is 14.8 Å². The van der Waals surface area contributed by atoms with E-state index < -0.39 is 27.5 Å². The van der Waals surface area contributed by atoms with Gasteiger partial charge in [0.1, 0.15) is 11.4 Å². The zero-order valence-electron chi connectivity index (χ0n) is 18.2. The van der Waals surface area contributed by atoms with Gasteiger partial charge in [-0.3, -0.25) is 9.52 Å². The first-order chi connectivity index (χ1) is 14.9. The van der Waals surface area contributed by atoms with E-state index in [1.54, 1.807) is 30.6 Å². The van der Waals surface area contributed by atoms with Gasteiger partial charge in [0.15, 0.2) is 0 Å². The number of carbonyl (C=O) groups is 2. The molecule has 1 heterocycles. The third kappa shape index (κ3) is 5.97. The van der Waals surface area contributed by atoms with Gasteiger partial charge in [-0.15, -0.1) is 0 Å². The highest BCUT2D eigenvalue weighted by Crippen LogP contribution is 2.19. The lowest BCUT2D eigenvalue weighted by Gasteiger charge is -2.35. The molecular formula is C22H26FN3O5S. The van der Waals surface area contributed by atoms with Gasteiger partial charge in [-0.2, -0.15) is 0 Å². The monoisotopic (exact) mass is 463 g/mol. The Morgan fingerprint density at radius 3 is 1.97 bits per heavy atom. The highest BCUT2D eigenvalue weighted by Gasteiger charge is 2.28. The Morgan fingerprint density at radius 2 is 1.44 bits per heavy atom. The summed E-state index contributed by atoms with van der Waals surface area (Å²) in [7, 11) is -3.87. The number of hydrogen-bond acceptors (Lipinski definition) is 5. The fourth-order valence-corrected chi connectivity index (χ4v) is 4.17. The van der Waals surface area contributed by atoms with Crippen molar-refractivity contribution in [2.45, 2.75) is 31.3 Å². The van der Waals surface area contributed by atoms with Crippen LogP contribution in [0.5, 0.6) is 0 Å². The molecule has 2 aromatic rings. The molecule has 0 unspecified atom stereocenters. The Morgan fingerprint density at radius 1 is 0.906 bits per heavy atom. The smallest absolute Gasteiger partial charge is 0.410 e. The van der Waals surface area contributed by atoms with Gasteiger partial charge in [0.25, 0.3) is 15.9 Å². The minimum atomic E-state index is -3.87. The number of anilines is 1. The van der Waals surface area contributed by atoms with E-state index in [1.165, 1.54) is 36.4 Å². The number of piperazine rings is 1. The Labute approximate surface area is 187 Å². The molecule has 172 valence electrons. The van der Waals surface area contributed by atoms with Crippen LogP contribution in [0.3, 0.4) is 0 Å². The molecule has 0 atom stereocenters. The third-order valence-electron chi connectivity index (χ3n) is 4.73. The number of nitrogens with one attached hydrogen (secondary N) is 1. The van der Waals surface area contributed by atoms with Gasteiger partial charge in [0.05, 0.1) is 4.90 Å². The van der Waals surface area contributed by atoms with Gasteiger partial charge in [0, 0.05) is 37.4 Å². The Kier molecular flexibility index (Phi) is 6.73. The summed E-state index contributed by atoms with van der Waals surface area (Å²) in [6, 6.07) is 10.5. The van der Waals surface area contributed by atoms with Crippen LogP contribution in [0.2, 0.25) is 0 Å². The topological polar surface area (TPSA) is 96.0 Å². The molecule has 0 aliphatic carbocycles. The van der Waals surface area contributed by atoms with Gasteiger partial charge in [-0.05, 0) is 69.3 Å². The Balaban J connectivity index is 1.59. The fraction of sp³-hybridized carbons (Fsp3) is 0.364. The maximum atomic E-state index is 13.0. The van der Waals surface area contributed by atoms with E-state index in [4.69, 9.17) is 4.74 Å². The molecule has 1 aliphatic rings. The van der Waals surface area contributed by atoms with E-state index in [9.17, 15) is 22.4 Å². The van der Waals surface area contributed by atoms with Crippen molar-refractivity contribution in [3.8, 4) is 0 Å². The van der Waals surface area contributed by atoms with E-state index in [-0.39, 0.29) is 16.5 Å². The number of ether oxygens (including phenoxy) is 1. The van der Waals surface area contributed by atoms with Crippen molar-refractivity contribution in [3.05, 3.63) is 59.9 Å². The summed E-state index contributed by atoms with van der Waals surface area (Å²) in [5.41, 5.74) is 0.102. The van der Waals surface area contributed by atoms with E-state index in [2.05, 4.69) is 4.72 Å². The van der Waals surface area contributed by atoms with E-state index in [1.807, 2.05) is 0 Å². The number of nitrogens with zero attached hydrogens (tertiary/aromatic N) is 2. The molecule has 0 radical (unpaired) electrons. The van der Waals surface area contributed by atoms with Crippen molar-refractivity contribution in [2.75, 3.05) is 30.9 Å². The summed E-state index contributed by atoms with van der Waals surface area (Å²) in [5.74, 6) is -0.736. The number of rotatable bonds is 4. The van der Waals surface area contributed by atoms with Gasteiger partial charge in [-0.1, -0.05) is 0 Å². The predicted molar refractivity (Wildman–Crippen MR) is 117 cm³/mol. The highest BCUT2D eigenvalue weighted by molar-refractivity contribution is 7.92. The second-order valence-electron chi connectivity index (χ2n) is 8.40. The van der Waals surface area contributed by atoms with Crippen LogP contribution in [0.1, 0.15) is 31.1 Å². The second-order valence-corrected chi connectivity index (χ2v) is 10.1. The molecule has 1 aliphatic heterocycles. The number of benzene rings is 2. The lowest BCUT2D eigenvalue weighted by Crippen LogP contribution is -2.51. The van der Waals surface area contributed by atoms with Gasteiger partial charge < -0.3 is 14.5 Å². The molecule has 10 heteroatoms. The van der Waals surface area contributed by atoms with Crippen molar-refractivity contribution in [1.29, 1.82) is 0 Å². The van der Waals surface area contributed by atoms with Crippen molar-refractivity contribution in [2.24, 2.45) is 0 Å². The average Bonchev–Trinajstić information content (AvgIpc) is 2.73. The van der Waals surface area contributed by atoms with Gasteiger partial charge in [-0.25, -0.2) is 17.6 Å². The second kappa shape index (κ2) is 9.15. The molecule has 8 nitrogen and oxygen atoms in total. The van der Waals surface area contributed by atoms with Crippen LogP contribution in [0, 0.1) is 5.82 Å². The van der Waals surface area contributed by atoms with Crippen LogP contribution in [0.4, 0.5) is 14.9 Å². The highest BCUT2D eigenvalue weighted by atomic mass is 32.2. The predicted octanol–water partition coefficient (Wildman–Crippen LogP) is 3.32. The molecule has 32 heavy (non-hydrogen) atoms. The summed E-state index contributed by atoms with van der Waals surface area (Å²) in [4.78, 5) is 28.1. The molecule has 1 fully saturated rings. The number of hydrogen-bond donors (Lipinski definition) is 1. The molecule has 0 saturated carbocycles. The van der Waals surface area contributed by atoms with Crippen LogP contribution in [0.25, 0.3) is 0 Å². The minimum absolute atomic E-state index is 0.0677. The van der Waals surface area contributed by atoms with Crippen LogP contribution < -0.4 is 4.72 Å². The number of amides is 2. The molecular weight excluding hydrogens is 437 g/mol. The van der Waals surface area contributed by atoms with Gasteiger partial charge in [0.2, 0.25) is 0 Å². The fourth-order valence-electron chi connectivity index (χ4n) is 3.11. The molecule has 2 aromatic carbocycles. The summed E-state index contributed by atoms with van der Waals surface area (Å²) >= 11 is 0. The zero-order chi connectivity index (χ0) is 23.5. The molecule has 1 N–H and O–H groups in total. The first kappa shape index (κ1) is 23.5. The van der Waals surface area contributed by atoms with E-state index in [0.717, 1.165) is 12.1 Å². The molecule has 0 bridgehead atoms. The van der Waals surface area contributed by atoms with E-state index >= 15 is 0 Å². The van der Waals surface area contributed by atoms with Gasteiger partial charge >= 0.3 is 6.09 Å². The number of halogens is 1. The maximum Gasteiger partial charge on any atom is 0.410 e. The molecule has 1 saturated heterocycles. The Bertz CT molecular complexity index is 1070. The number of carbonyl (C=O) groups excluding carboxylic acids is 2. The molecule has 2 amide bonds. The summed E-state index contributed by atoms with van der Waals surface area (Å²) < 4.78 is 45.6. The lowest BCUT2D eigenvalue weighted by molar-refractivity contribution is 0.0141. The van der Waals surface area contributed by atoms with Crippen molar-refractivity contribution >= 4 is 27.7 Å². The van der Waals surface area contributed by atoms with Crippen molar-refractivity contribution in [3.63, 3.8) is 0 Å². The maximum absolute atomic E-state index is 13.0. The van der Waals surface area contributed by atoms with Crippen LogP contribution in [-0.4, -0.2) is 62.0 Å². The zero-order valence-corrected chi connectivity index (χ0v) is 19.0. The first-order valence-electron chi connectivity index (χ1n) is 10.1. The third-order valence-corrected chi connectivity index (χ3v) is 6.12. The SMILES string of the molecule is CC(C)(C)OC(=O)N1CCN(C(=O)c2ccc(NS(=O)(=O)c3ccc(F)cc3)cc2)CC1. The normalized spacial score (nSPS) is 14.8. The average molecular weight is 464 g/mol. The van der Waals surface area contributed by atoms with Crippen LogP contribution in [0.15, 0.2) is 53.4 Å². The molecule has 0 aromatic heterocycles. The standard InChI is InChI=1S/C22H26FN3O5S/c1-22(2,3)31-21(28)26-14-12-25(13-15-26)20(27)16-4-8-18(9-5-16)24-32(29,30)19-10-6-17(23)7-11-19/h4-11,24H,12-15H2,1-3H3. The van der Waals surface area contributed by atoms with Crippen molar-refractivity contribution in [1.82, 2.24) is 9.80 Å². The van der Waals surface area contributed by atoms with Crippen LogP contribution >= 0.6 is 0 Å². The van der Waals surface area contributed by atoms with E-state index in [0.29, 0.717) is 31.7 Å². The lowest BCUT2D eigenvalue weighted by atomic mass is 10.1. The summed E-state index contributed by atoms with van der Waals surface area (Å²) in [5, 5.41) is 0. The largest absolute Gasteiger partial charge is 0.444 e. The van der Waals surface area contributed by atoms with Crippen molar-refractivity contribution < 1.29 is 27.1 Å². The molecule has 0 spiro atoms. The Hall–Kier alpha value is -3.14. The summed E-state index contributed by atoms with van der Waals surface area (Å²) in [6.45, 7) is 6.89. The summed E-state index contributed by atoms with van der Waals surface area (Å²) in [6.07, 6.45) is -0.401. The number of sulfonamides is 1. The minimum Gasteiger partial charge on any atom is -0.444 e. The quantitative estimate of drug-likeness (QED) is 0.751. The first-order valence-corrected chi connectivity index (χ1v) is 11.6.